The van der Waals surface area contributed by atoms with Gasteiger partial charge in [-0.3, -0.25) is 0 Å². The Labute approximate surface area is 166 Å². The molecule has 0 bridgehead atoms. The Morgan fingerprint density at radius 1 is 0.964 bits per heavy atom. The minimum atomic E-state index is -3.78. The number of aryl methyl sites for hydroxylation is 1. The average molecular weight is 396 g/mol. The number of nitrogens with zero attached hydrogens (tertiary/aromatic N) is 2. The molecular weight excluding hydrogens is 370 g/mol. The van der Waals surface area contributed by atoms with Crippen LogP contribution in [0.1, 0.15) is 37.7 Å². The Morgan fingerprint density at radius 3 is 2.32 bits per heavy atom. The molecule has 4 rings (SSSR count). The molecule has 0 atom stereocenters. The smallest absolute Gasteiger partial charge is 0.284 e. The standard InChI is InChI=1S/C22H25N3O2S/c1-17-12-14-20(15-13-17)28(26,27)25-22(23-19-10-6-3-7-11-19)16-21(24-25)18-8-4-2-5-9-18/h2,4-5,8-9,12-16,19,23H,3,6-7,10-11H2,1H3. The maximum atomic E-state index is 13.3. The van der Waals surface area contributed by atoms with Crippen molar-refractivity contribution < 1.29 is 8.42 Å². The summed E-state index contributed by atoms with van der Waals surface area (Å²) in [5.74, 6) is 0.534. The van der Waals surface area contributed by atoms with E-state index in [4.69, 9.17) is 0 Å². The molecule has 0 spiro atoms. The Bertz CT molecular complexity index is 1040. The normalized spacial score (nSPS) is 15.5. The highest BCUT2D eigenvalue weighted by Gasteiger charge is 2.25. The second kappa shape index (κ2) is 7.80. The fraction of sp³-hybridized carbons (Fsp3) is 0.318. The third-order valence-electron chi connectivity index (χ3n) is 5.25. The van der Waals surface area contributed by atoms with Gasteiger partial charge in [0, 0.05) is 17.7 Å². The maximum Gasteiger partial charge on any atom is 0.284 e. The van der Waals surface area contributed by atoms with Crippen LogP contribution in [-0.2, 0) is 10.0 Å². The molecule has 0 saturated heterocycles. The van der Waals surface area contributed by atoms with E-state index < -0.39 is 10.0 Å². The zero-order valence-corrected chi connectivity index (χ0v) is 16.8. The van der Waals surface area contributed by atoms with Gasteiger partial charge in [0.25, 0.3) is 10.0 Å². The highest BCUT2D eigenvalue weighted by molar-refractivity contribution is 7.90. The van der Waals surface area contributed by atoms with E-state index in [1.807, 2.05) is 55.5 Å². The van der Waals surface area contributed by atoms with Gasteiger partial charge >= 0.3 is 0 Å². The van der Waals surface area contributed by atoms with Crippen LogP contribution in [0, 0.1) is 6.92 Å². The van der Waals surface area contributed by atoms with Crippen molar-refractivity contribution in [2.45, 2.75) is 50.0 Å². The lowest BCUT2D eigenvalue weighted by Gasteiger charge is -2.23. The third-order valence-corrected chi connectivity index (χ3v) is 6.85. The molecule has 1 aromatic heterocycles. The van der Waals surface area contributed by atoms with Gasteiger partial charge in [0.2, 0.25) is 0 Å². The monoisotopic (exact) mass is 395 g/mol. The zero-order valence-electron chi connectivity index (χ0n) is 16.0. The maximum absolute atomic E-state index is 13.3. The first-order valence-corrected chi connectivity index (χ1v) is 11.2. The highest BCUT2D eigenvalue weighted by atomic mass is 32.2. The lowest BCUT2D eigenvalue weighted by molar-refractivity contribution is 0.461. The number of nitrogens with one attached hydrogen (secondary N) is 1. The fourth-order valence-electron chi connectivity index (χ4n) is 3.66. The largest absolute Gasteiger partial charge is 0.367 e. The van der Waals surface area contributed by atoms with Gasteiger partial charge in [0.15, 0.2) is 0 Å². The third kappa shape index (κ3) is 3.83. The van der Waals surface area contributed by atoms with Crippen molar-refractivity contribution in [2.75, 3.05) is 5.32 Å². The SMILES string of the molecule is Cc1ccc(S(=O)(=O)n2nc(-c3ccccc3)cc2NC2CCCCC2)cc1. The van der Waals surface area contributed by atoms with Crippen LogP contribution in [0.4, 0.5) is 5.82 Å². The molecule has 3 aromatic rings. The van der Waals surface area contributed by atoms with Crippen LogP contribution in [0.15, 0.2) is 65.6 Å². The summed E-state index contributed by atoms with van der Waals surface area (Å²) in [5.41, 5.74) is 2.56. The van der Waals surface area contributed by atoms with Crippen LogP contribution in [0.5, 0.6) is 0 Å². The molecule has 0 aliphatic heterocycles. The summed E-state index contributed by atoms with van der Waals surface area (Å²) in [7, 11) is -3.78. The second-order valence-electron chi connectivity index (χ2n) is 7.42. The summed E-state index contributed by atoms with van der Waals surface area (Å²) in [4.78, 5) is 0.243. The van der Waals surface area contributed by atoms with Gasteiger partial charge in [0.05, 0.1) is 10.6 Å². The molecule has 6 heteroatoms. The van der Waals surface area contributed by atoms with E-state index in [0.29, 0.717) is 11.5 Å². The molecule has 0 radical (unpaired) electrons. The van der Waals surface area contributed by atoms with Gasteiger partial charge in [-0.15, -0.1) is 4.09 Å². The van der Waals surface area contributed by atoms with Gasteiger partial charge in [0.1, 0.15) is 5.82 Å². The molecule has 1 aliphatic rings. The fourth-order valence-corrected chi connectivity index (χ4v) is 4.90. The summed E-state index contributed by atoms with van der Waals surface area (Å²) in [6.45, 7) is 1.94. The van der Waals surface area contributed by atoms with E-state index in [1.165, 1.54) is 19.3 Å². The van der Waals surface area contributed by atoms with Crippen molar-refractivity contribution in [2.24, 2.45) is 0 Å². The van der Waals surface area contributed by atoms with Gasteiger partial charge in [-0.2, -0.15) is 13.5 Å². The molecule has 0 amide bonds. The predicted molar refractivity (Wildman–Crippen MR) is 112 cm³/mol. The van der Waals surface area contributed by atoms with Crippen LogP contribution < -0.4 is 5.32 Å². The number of hydrogen-bond donors (Lipinski definition) is 1. The van der Waals surface area contributed by atoms with E-state index in [1.54, 1.807) is 12.1 Å². The van der Waals surface area contributed by atoms with E-state index in [0.717, 1.165) is 28.1 Å². The summed E-state index contributed by atoms with van der Waals surface area (Å²) in [5, 5.41) is 7.93. The first-order chi connectivity index (χ1) is 13.5. The van der Waals surface area contributed by atoms with Crippen molar-refractivity contribution in [3.8, 4) is 11.3 Å². The van der Waals surface area contributed by atoms with Crippen LogP contribution in [0.25, 0.3) is 11.3 Å². The van der Waals surface area contributed by atoms with Crippen molar-refractivity contribution in [3.63, 3.8) is 0 Å². The molecular formula is C22H25N3O2S. The topological polar surface area (TPSA) is 64.0 Å². The summed E-state index contributed by atoms with van der Waals surface area (Å²) < 4.78 is 27.8. The average Bonchev–Trinajstić information content (AvgIpc) is 3.14. The lowest BCUT2D eigenvalue weighted by Crippen LogP contribution is -2.26. The van der Waals surface area contributed by atoms with Crippen LogP contribution >= 0.6 is 0 Å². The lowest BCUT2D eigenvalue weighted by atomic mass is 9.95. The molecule has 5 nitrogen and oxygen atoms in total. The number of aromatic nitrogens is 2. The zero-order chi connectivity index (χ0) is 19.6. The van der Waals surface area contributed by atoms with Crippen molar-refractivity contribution in [3.05, 3.63) is 66.2 Å². The second-order valence-corrected chi connectivity index (χ2v) is 9.19. The van der Waals surface area contributed by atoms with Gasteiger partial charge in [-0.05, 0) is 31.9 Å². The highest BCUT2D eigenvalue weighted by Crippen LogP contribution is 2.28. The van der Waals surface area contributed by atoms with E-state index in [-0.39, 0.29) is 10.9 Å². The molecule has 146 valence electrons. The number of rotatable bonds is 5. The molecule has 0 unspecified atom stereocenters. The molecule has 1 fully saturated rings. The number of benzene rings is 2. The Hall–Kier alpha value is -2.60. The minimum absolute atomic E-state index is 0.243. The van der Waals surface area contributed by atoms with Gasteiger partial charge in [-0.25, -0.2) is 0 Å². The summed E-state index contributed by atoms with van der Waals surface area (Å²) in [6.07, 6.45) is 5.69. The Kier molecular flexibility index (Phi) is 5.22. The molecule has 1 N–H and O–H groups in total. The van der Waals surface area contributed by atoms with E-state index in [2.05, 4.69) is 10.4 Å². The van der Waals surface area contributed by atoms with Crippen LogP contribution in [0.3, 0.4) is 0 Å². The van der Waals surface area contributed by atoms with Crippen molar-refractivity contribution >= 4 is 15.8 Å². The minimum Gasteiger partial charge on any atom is -0.367 e. The molecule has 1 heterocycles. The first kappa shape index (κ1) is 18.7. The molecule has 1 aliphatic carbocycles. The molecule has 2 aromatic carbocycles. The van der Waals surface area contributed by atoms with Crippen LogP contribution in [0.2, 0.25) is 0 Å². The van der Waals surface area contributed by atoms with E-state index >= 15 is 0 Å². The van der Waals surface area contributed by atoms with Crippen molar-refractivity contribution in [1.82, 2.24) is 9.19 Å². The Balaban J connectivity index is 1.77. The number of anilines is 1. The Morgan fingerprint density at radius 2 is 1.64 bits per heavy atom. The summed E-state index contributed by atoms with van der Waals surface area (Å²) >= 11 is 0. The first-order valence-electron chi connectivity index (χ1n) is 9.78. The molecule has 1 saturated carbocycles. The van der Waals surface area contributed by atoms with Crippen LogP contribution in [-0.4, -0.2) is 23.6 Å². The van der Waals surface area contributed by atoms with E-state index in [9.17, 15) is 8.42 Å². The number of hydrogen-bond acceptors (Lipinski definition) is 4. The summed E-state index contributed by atoms with van der Waals surface area (Å²) in [6, 6.07) is 18.7. The molecule has 28 heavy (non-hydrogen) atoms. The van der Waals surface area contributed by atoms with Crippen molar-refractivity contribution in [1.29, 1.82) is 0 Å². The quantitative estimate of drug-likeness (QED) is 0.671. The van der Waals surface area contributed by atoms with Gasteiger partial charge in [-0.1, -0.05) is 67.3 Å². The predicted octanol–water partition coefficient (Wildman–Crippen LogP) is 4.84. The van der Waals surface area contributed by atoms with Gasteiger partial charge < -0.3 is 5.32 Å².